The van der Waals surface area contributed by atoms with Crippen LogP contribution in [0.1, 0.15) is 0 Å². The van der Waals surface area contributed by atoms with Gasteiger partial charge in [-0.1, -0.05) is 0 Å². The largest absolute Gasteiger partial charge is 0.214 e. The van der Waals surface area contributed by atoms with Crippen molar-refractivity contribution in [1.29, 1.82) is 0 Å². The molecule has 0 unspecified atom stereocenters. The third-order valence-corrected chi connectivity index (χ3v) is 0.556. The van der Waals surface area contributed by atoms with Crippen molar-refractivity contribution in [3.8, 4) is 0 Å². The third kappa shape index (κ3) is 4.15. The Morgan fingerprint density at radius 1 is 1.00 bits per heavy atom. The average Bonchev–Trinajstić information content (AvgIpc) is 1.76. The summed E-state index contributed by atoms with van der Waals surface area (Å²) in [5.74, 6) is 0. The van der Waals surface area contributed by atoms with Crippen molar-refractivity contribution in [2.45, 2.75) is 0 Å². The van der Waals surface area contributed by atoms with E-state index in [4.69, 9.17) is 0 Å². The Balaban J connectivity index is 0. The molecule has 2 heteroatoms. The van der Waals surface area contributed by atoms with E-state index in [0.717, 1.165) is 0 Å². The zero-order valence-electron chi connectivity index (χ0n) is 4.33. The van der Waals surface area contributed by atoms with Gasteiger partial charge in [-0.25, -0.2) is 12.1 Å². The smallest absolute Gasteiger partial charge is 0 e. The first-order chi connectivity index (χ1) is 2.50. The van der Waals surface area contributed by atoms with Gasteiger partial charge in [0.05, 0.1) is 0 Å². The molecule has 1 aromatic rings. The Morgan fingerprint density at radius 2 is 1.43 bits per heavy atom. The summed E-state index contributed by atoms with van der Waals surface area (Å²) in [6.45, 7) is 0. The Bertz CT molecular complexity index is 64.6. The summed E-state index contributed by atoms with van der Waals surface area (Å²) in [5.41, 5.74) is 0. The fraction of sp³-hybridized carbons (Fsp3) is 0. The van der Waals surface area contributed by atoms with Crippen LogP contribution in [0.15, 0.2) is 30.3 Å². The summed E-state index contributed by atoms with van der Waals surface area (Å²) in [4.78, 5) is 0. The van der Waals surface area contributed by atoms with Crippen LogP contribution >= 0.6 is 0 Å². The molecule has 0 aliphatic heterocycles. The molecule has 0 heterocycles. The van der Waals surface area contributed by atoms with Crippen molar-refractivity contribution in [2.75, 3.05) is 0 Å². The molecule has 0 saturated carbocycles. The van der Waals surface area contributed by atoms with Gasteiger partial charge in [0, 0.05) is 22.4 Å². The van der Waals surface area contributed by atoms with Gasteiger partial charge in [-0.05, 0) is 11.0 Å². The van der Waals surface area contributed by atoms with Gasteiger partial charge in [-0.15, -0.1) is 0 Å². The first kappa shape index (κ1) is 10.3. The zero-order valence-corrected chi connectivity index (χ0v) is 9.55. The van der Waals surface area contributed by atoms with Crippen LogP contribution < -0.4 is 0 Å². The Morgan fingerprint density at radius 3 is 1.57 bits per heavy atom. The predicted octanol–water partition coefficient (Wildman–Crippen LogP) is 0.219. The van der Waals surface area contributed by atoms with Crippen LogP contribution in [0.25, 0.3) is 0 Å². The number of hydrogen-bond acceptors (Lipinski definition) is 0. The van der Waals surface area contributed by atoms with E-state index in [1.807, 2.05) is 30.3 Å². The van der Waals surface area contributed by atoms with E-state index in [1.165, 1.54) is 0 Å². The van der Waals surface area contributed by atoms with E-state index in [-0.39, 0.29) is 33.3 Å². The van der Waals surface area contributed by atoms with Crippen molar-refractivity contribution >= 4 is 11.0 Å². The third-order valence-electron chi connectivity index (χ3n) is 0.556. The molecule has 38 valence electrons. The van der Waals surface area contributed by atoms with Crippen molar-refractivity contribution in [3.05, 3.63) is 30.3 Å². The molecule has 0 amide bonds. The molecule has 0 N–H and O–H groups in total. The van der Waals surface area contributed by atoms with Gasteiger partial charge in [-0.2, -0.15) is 18.2 Å². The maximum absolute atomic E-state index is 2.00. The van der Waals surface area contributed by atoms with Gasteiger partial charge in [0.2, 0.25) is 0 Å². The van der Waals surface area contributed by atoms with Gasteiger partial charge in [0.25, 0.3) is 0 Å². The molecule has 7 heavy (non-hydrogen) atoms. The standard InChI is InChI=1S/C5H5.H3Si.Ta/c1-2-4-5-3-1;;/h1-5H;1H3;/q-1;;. The maximum Gasteiger partial charge on any atom is 0 e. The molecule has 2 radical (unpaired) electrons. The van der Waals surface area contributed by atoms with Crippen molar-refractivity contribution in [1.82, 2.24) is 0 Å². The van der Waals surface area contributed by atoms with Gasteiger partial charge < -0.3 is 0 Å². The van der Waals surface area contributed by atoms with Gasteiger partial charge >= 0.3 is 0 Å². The SMILES string of the molecule is [SiH3].[Ta].c1cc[cH-]c1. The molecular weight excluding hydrogens is 269 g/mol. The molecule has 0 saturated heterocycles. The normalized spacial score (nSPS) is 5.71. The fourth-order valence-corrected chi connectivity index (χ4v) is 0.321. The van der Waals surface area contributed by atoms with Crippen LogP contribution in [0.2, 0.25) is 0 Å². The monoisotopic (exact) mass is 277 g/mol. The molecule has 0 bridgehead atoms. The van der Waals surface area contributed by atoms with Crippen LogP contribution in [0.5, 0.6) is 0 Å². The van der Waals surface area contributed by atoms with Crippen LogP contribution in [-0.4, -0.2) is 11.0 Å². The van der Waals surface area contributed by atoms with Gasteiger partial charge in [0.15, 0.2) is 0 Å². The minimum Gasteiger partial charge on any atom is -0.214 e. The molecule has 1 aromatic carbocycles. The van der Waals surface area contributed by atoms with Gasteiger partial charge in [-0.3, -0.25) is 0 Å². The van der Waals surface area contributed by atoms with Crippen LogP contribution in [-0.2, 0) is 22.4 Å². The molecule has 0 fully saturated rings. The Kier molecular flexibility index (Phi) is 9.30. The summed E-state index contributed by atoms with van der Waals surface area (Å²) in [7, 11) is 0. The van der Waals surface area contributed by atoms with E-state index in [1.54, 1.807) is 0 Å². The predicted molar refractivity (Wildman–Crippen MR) is 32.0 cm³/mol. The quantitative estimate of drug-likeness (QED) is 0.470. The second-order valence-corrected chi connectivity index (χ2v) is 0.962. The Hall–Kier alpha value is 0.307. The first-order valence-electron chi connectivity index (χ1n) is 1.67. The zero-order chi connectivity index (χ0) is 3.54. The van der Waals surface area contributed by atoms with E-state index in [2.05, 4.69) is 0 Å². The van der Waals surface area contributed by atoms with E-state index >= 15 is 0 Å². The average molecular weight is 277 g/mol. The maximum atomic E-state index is 2.00. The first-order valence-corrected chi connectivity index (χ1v) is 1.67. The second-order valence-electron chi connectivity index (χ2n) is 0.962. The molecule has 0 spiro atoms. The van der Waals surface area contributed by atoms with Crippen molar-refractivity contribution in [2.24, 2.45) is 0 Å². The van der Waals surface area contributed by atoms with Crippen LogP contribution in [0, 0.1) is 0 Å². The summed E-state index contributed by atoms with van der Waals surface area (Å²) in [6.07, 6.45) is 0. The van der Waals surface area contributed by atoms with Gasteiger partial charge in [0.1, 0.15) is 0 Å². The van der Waals surface area contributed by atoms with E-state index < -0.39 is 0 Å². The van der Waals surface area contributed by atoms with Crippen LogP contribution in [0.3, 0.4) is 0 Å². The molecule has 0 nitrogen and oxygen atoms in total. The topological polar surface area (TPSA) is 0 Å². The van der Waals surface area contributed by atoms with Crippen molar-refractivity contribution in [3.63, 3.8) is 0 Å². The van der Waals surface area contributed by atoms with E-state index in [0.29, 0.717) is 0 Å². The number of hydrogen-bond donors (Lipinski definition) is 0. The second kappa shape index (κ2) is 6.31. The molecular formula is C5H8SiTa-. The summed E-state index contributed by atoms with van der Waals surface area (Å²) < 4.78 is 0. The Labute approximate surface area is 63.8 Å². The molecule has 0 aliphatic carbocycles. The van der Waals surface area contributed by atoms with Crippen molar-refractivity contribution < 1.29 is 22.4 Å². The molecule has 0 atom stereocenters. The van der Waals surface area contributed by atoms with Crippen LogP contribution in [0.4, 0.5) is 0 Å². The molecule has 0 aromatic heterocycles. The number of rotatable bonds is 0. The minimum atomic E-state index is 0. The molecule has 1 rings (SSSR count). The minimum absolute atomic E-state index is 0. The summed E-state index contributed by atoms with van der Waals surface area (Å²) >= 11 is 0. The van der Waals surface area contributed by atoms with E-state index in [9.17, 15) is 0 Å². The fourth-order valence-electron chi connectivity index (χ4n) is 0.321. The summed E-state index contributed by atoms with van der Waals surface area (Å²) in [5, 5.41) is 0. The summed E-state index contributed by atoms with van der Waals surface area (Å²) in [6, 6.07) is 10.0. The molecule has 0 aliphatic rings.